The monoisotopic (exact) mass is 647 g/mol. The van der Waals surface area contributed by atoms with Crippen LogP contribution in [0.2, 0.25) is 5.02 Å². The van der Waals surface area contributed by atoms with E-state index in [2.05, 4.69) is 47.1 Å². The molecule has 0 spiro atoms. The largest absolute Gasteiger partial charge is 0.354 e. The van der Waals surface area contributed by atoms with Gasteiger partial charge in [0.1, 0.15) is 5.82 Å². The van der Waals surface area contributed by atoms with Crippen LogP contribution in [0.4, 0.5) is 33.6 Å². The van der Waals surface area contributed by atoms with E-state index < -0.39 is 0 Å². The van der Waals surface area contributed by atoms with Crippen LogP contribution in [0, 0.1) is 11.7 Å². The molecule has 1 heterocycles. The summed E-state index contributed by atoms with van der Waals surface area (Å²) in [6.07, 6.45) is 6.34. The zero-order valence-electron chi connectivity index (χ0n) is 24.6. The Morgan fingerprint density at radius 1 is 0.822 bits per heavy atom. The third-order valence-electron chi connectivity index (χ3n) is 7.29. The number of nitrogens with zero attached hydrogens (tertiary/aromatic N) is 3. The van der Waals surface area contributed by atoms with Gasteiger partial charge in [-0.2, -0.15) is 15.0 Å². The number of aromatic nitrogens is 3. The van der Waals surface area contributed by atoms with E-state index in [1.165, 1.54) is 44.2 Å². The maximum Gasteiger partial charge on any atom is 0.242 e. The maximum absolute atomic E-state index is 13.3. The summed E-state index contributed by atoms with van der Waals surface area (Å²) < 4.78 is 13.3. The summed E-state index contributed by atoms with van der Waals surface area (Å²) in [6, 6.07) is 20.8. The molecule has 5 rings (SSSR count). The van der Waals surface area contributed by atoms with Gasteiger partial charge in [0.2, 0.25) is 23.8 Å². The average molecular weight is 648 g/mol. The molecule has 1 aliphatic carbocycles. The molecule has 1 saturated carbocycles. The predicted octanol–water partition coefficient (Wildman–Crippen LogP) is 6.57. The standard InChI is InChI=1S/C32H35ClFN9OS/c33-26-8-4-5-9-27(26)38-32(45)43-42-28(44)18-21-12-16-25(17-13-21)37-31-40-29(35-19-22-6-2-1-3-7-22)39-30(41-31)36-20-23-10-14-24(34)15-11-23/h4-5,8-17,22H,1-3,6-7,18-20H2,(H,42,44)(H2,38,43,45)(H3,35,36,37,39,40,41). The van der Waals surface area contributed by atoms with Crippen LogP contribution >= 0.6 is 23.8 Å². The second kappa shape index (κ2) is 16.0. The molecule has 0 radical (unpaired) electrons. The predicted molar refractivity (Wildman–Crippen MR) is 181 cm³/mol. The lowest BCUT2D eigenvalue weighted by Gasteiger charge is -2.21. The van der Waals surface area contributed by atoms with Crippen LogP contribution < -0.4 is 32.1 Å². The van der Waals surface area contributed by atoms with Crippen molar-refractivity contribution in [2.45, 2.75) is 45.1 Å². The third-order valence-corrected chi connectivity index (χ3v) is 7.82. The minimum atomic E-state index is -0.283. The van der Waals surface area contributed by atoms with Crippen molar-refractivity contribution < 1.29 is 9.18 Å². The molecular formula is C32H35ClFN9OS. The quantitative estimate of drug-likeness (QED) is 0.0786. The number of para-hydroxylation sites is 1. The molecule has 4 aromatic rings. The Morgan fingerprint density at radius 2 is 1.49 bits per heavy atom. The summed E-state index contributed by atoms with van der Waals surface area (Å²) in [4.78, 5) is 26.2. The number of hydrogen-bond acceptors (Lipinski definition) is 8. The maximum atomic E-state index is 13.3. The van der Waals surface area contributed by atoms with E-state index in [-0.39, 0.29) is 23.3 Å². The van der Waals surface area contributed by atoms with E-state index in [0.29, 0.717) is 41.0 Å². The zero-order chi connectivity index (χ0) is 31.4. The minimum Gasteiger partial charge on any atom is -0.354 e. The van der Waals surface area contributed by atoms with Crippen molar-refractivity contribution in [2.24, 2.45) is 5.92 Å². The van der Waals surface area contributed by atoms with E-state index in [4.69, 9.17) is 23.8 Å². The molecule has 0 bridgehead atoms. The molecule has 3 aromatic carbocycles. The van der Waals surface area contributed by atoms with Crippen molar-refractivity contribution in [1.29, 1.82) is 0 Å². The average Bonchev–Trinajstić information content (AvgIpc) is 3.05. The molecule has 6 N–H and O–H groups in total. The van der Waals surface area contributed by atoms with Crippen molar-refractivity contribution in [3.63, 3.8) is 0 Å². The molecule has 0 unspecified atom stereocenters. The summed E-state index contributed by atoms with van der Waals surface area (Å²) >= 11 is 11.4. The fourth-order valence-corrected chi connectivity index (χ4v) is 5.25. The normalized spacial score (nSPS) is 13.0. The first-order chi connectivity index (χ1) is 21.9. The van der Waals surface area contributed by atoms with Crippen LogP contribution in [-0.2, 0) is 17.8 Å². The first-order valence-corrected chi connectivity index (χ1v) is 15.6. The van der Waals surface area contributed by atoms with Crippen LogP contribution in [0.15, 0.2) is 72.8 Å². The molecule has 45 heavy (non-hydrogen) atoms. The summed E-state index contributed by atoms with van der Waals surface area (Å²) in [6.45, 7) is 1.23. The molecule has 0 saturated heterocycles. The topological polar surface area (TPSA) is 128 Å². The van der Waals surface area contributed by atoms with Crippen molar-refractivity contribution in [1.82, 2.24) is 25.8 Å². The highest BCUT2D eigenvalue weighted by molar-refractivity contribution is 7.80. The minimum absolute atomic E-state index is 0.139. The molecule has 10 nitrogen and oxygen atoms in total. The lowest BCUT2D eigenvalue weighted by Crippen LogP contribution is -2.44. The van der Waals surface area contributed by atoms with Gasteiger partial charge in [-0.3, -0.25) is 15.6 Å². The van der Waals surface area contributed by atoms with E-state index in [1.807, 2.05) is 36.4 Å². The number of anilines is 5. The number of rotatable bonds is 11. The van der Waals surface area contributed by atoms with E-state index in [0.717, 1.165) is 23.4 Å². The summed E-state index contributed by atoms with van der Waals surface area (Å²) in [7, 11) is 0. The van der Waals surface area contributed by atoms with Crippen molar-refractivity contribution in [3.05, 3.63) is 94.8 Å². The van der Waals surface area contributed by atoms with Crippen LogP contribution in [0.1, 0.15) is 43.2 Å². The number of halogens is 2. The Labute approximate surface area is 272 Å². The van der Waals surface area contributed by atoms with Gasteiger partial charge in [0.25, 0.3) is 0 Å². The van der Waals surface area contributed by atoms with Gasteiger partial charge in [-0.25, -0.2) is 4.39 Å². The highest BCUT2D eigenvalue weighted by Crippen LogP contribution is 2.24. The number of nitrogens with one attached hydrogen (secondary N) is 6. The summed E-state index contributed by atoms with van der Waals surface area (Å²) in [5, 5.41) is 13.5. The summed E-state index contributed by atoms with van der Waals surface area (Å²) in [5.74, 6) is 1.28. The molecule has 0 aliphatic heterocycles. The zero-order valence-corrected chi connectivity index (χ0v) is 26.1. The molecule has 1 fully saturated rings. The smallest absolute Gasteiger partial charge is 0.242 e. The highest BCUT2D eigenvalue weighted by Gasteiger charge is 2.15. The number of thiocarbonyl (C=S) groups is 1. The molecule has 1 amide bonds. The number of carbonyl (C=O) groups is 1. The molecule has 234 valence electrons. The molecule has 13 heteroatoms. The number of carbonyl (C=O) groups excluding carboxylic acids is 1. The molecule has 1 aliphatic rings. The first-order valence-electron chi connectivity index (χ1n) is 14.8. The fourth-order valence-electron chi connectivity index (χ4n) is 4.91. The highest BCUT2D eigenvalue weighted by atomic mass is 35.5. The van der Waals surface area contributed by atoms with Gasteiger partial charge in [-0.15, -0.1) is 0 Å². The Balaban J connectivity index is 1.17. The number of hydrazine groups is 1. The number of amides is 1. The first kappa shape index (κ1) is 31.9. The van der Waals surface area contributed by atoms with Gasteiger partial charge >= 0.3 is 0 Å². The lowest BCUT2D eigenvalue weighted by molar-refractivity contribution is -0.121. The second-order valence-electron chi connectivity index (χ2n) is 10.8. The van der Waals surface area contributed by atoms with Crippen LogP contribution in [0.25, 0.3) is 0 Å². The Kier molecular flexibility index (Phi) is 11.3. The van der Waals surface area contributed by atoms with Crippen molar-refractivity contribution in [2.75, 3.05) is 27.8 Å². The molecule has 1 aromatic heterocycles. The van der Waals surface area contributed by atoms with Crippen LogP contribution in [0.5, 0.6) is 0 Å². The number of hydrogen-bond donors (Lipinski definition) is 6. The Hall–Kier alpha value is -4.55. The second-order valence-corrected chi connectivity index (χ2v) is 11.6. The van der Waals surface area contributed by atoms with Gasteiger partial charge < -0.3 is 21.3 Å². The van der Waals surface area contributed by atoms with Crippen LogP contribution in [-0.4, -0.2) is 32.5 Å². The van der Waals surface area contributed by atoms with Gasteiger partial charge in [-0.1, -0.05) is 67.3 Å². The fraction of sp³-hybridized carbons (Fsp3) is 0.281. The third kappa shape index (κ3) is 10.3. The van der Waals surface area contributed by atoms with Crippen molar-refractivity contribution >= 4 is 64.1 Å². The van der Waals surface area contributed by atoms with E-state index in [1.54, 1.807) is 24.3 Å². The number of benzene rings is 3. The van der Waals surface area contributed by atoms with Crippen molar-refractivity contribution in [3.8, 4) is 0 Å². The van der Waals surface area contributed by atoms with Gasteiger partial charge in [-0.05, 0) is 78.5 Å². The SMILES string of the molecule is O=C(Cc1ccc(Nc2nc(NCc3ccc(F)cc3)nc(NCC3CCCCC3)n2)cc1)NNC(=S)Nc1ccccc1Cl. The Morgan fingerprint density at radius 3 is 2.22 bits per heavy atom. The van der Waals surface area contributed by atoms with Gasteiger partial charge in [0.15, 0.2) is 5.11 Å². The molecule has 0 atom stereocenters. The van der Waals surface area contributed by atoms with Crippen LogP contribution in [0.3, 0.4) is 0 Å². The summed E-state index contributed by atoms with van der Waals surface area (Å²) in [5.41, 5.74) is 8.36. The molecular weight excluding hydrogens is 613 g/mol. The van der Waals surface area contributed by atoms with Gasteiger partial charge in [0, 0.05) is 18.8 Å². The van der Waals surface area contributed by atoms with E-state index in [9.17, 15) is 9.18 Å². The van der Waals surface area contributed by atoms with E-state index >= 15 is 0 Å². The van der Waals surface area contributed by atoms with Gasteiger partial charge in [0.05, 0.1) is 17.1 Å². The Bertz CT molecular complexity index is 1580. The lowest BCUT2D eigenvalue weighted by atomic mass is 9.89.